The average molecular weight is 342 g/mol. The third-order valence-electron chi connectivity index (χ3n) is 3.84. The van der Waals surface area contributed by atoms with E-state index in [1.54, 1.807) is 6.26 Å². The van der Waals surface area contributed by atoms with Gasteiger partial charge in [-0.25, -0.2) is 4.98 Å². The molecule has 1 aromatic heterocycles. The van der Waals surface area contributed by atoms with Crippen molar-refractivity contribution in [1.82, 2.24) is 15.6 Å². The number of aryl methyl sites for hydroxylation is 1. The van der Waals surface area contributed by atoms with Gasteiger partial charge in [-0.2, -0.15) is 0 Å². The van der Waals surface area contributed by atoms with E-state index in [2.05, 4.69) is 60.4 Å². The lowest BCUT2D eigenvalue weighted by Crippen LogP contribution is -2.38. The molecule has 2 N–H and O–H groups in total. The summed E-state index contributed by atoms with van der Waals surface area (Å²) in [5.74, 6) is 2.21. The second-order valence-electron chi connectivity index (χ2n) is 6.63. The molecular weight excluding hydrogens is 312 g/mol. The minimum Gasteiger partial charge on any atom is -0.444 e. The molecule has 1 aromatic carbocycles. The third-order valence-corrected chi connectivity index (χ3v) is 3.84. The van der Waals surface area contributed by atoms with Crippen LogP contribution in [0.25, 0.3) is 11.5 Å². The number of hydrogen-bond donors (Lipinski definition) is 2. The maximum absolute atomic E-state index is 5.60. The van der Waals surface area contributed by atoms with Gasteiger partial charge in [-0.05, 0) is 38.3 Å². The summed E-state index contributed by atoms with van der Waals surface area (Å²) < 4.78 is 5.60. The second-order valence-corrected chi connectivity index (χ2v) is 6.63. The number of nitrogens with zero attached hydrogens (tertiary/aromatic N) is 2. The van der Waals surface area contributed by atoms with Crippen LogP contribution in [0.1, 0.15) is 38.4 Å². The Morgan fingerprint density at radius 1 is 1.20 bits per heavy atom. The maximum Gasteiger partial charge on any atom is 0.226 e. The van der Waals surface area contributed by atoms with Crippen LogP contribution in [0.15, 0.2) is 39.9 Å². The van der Waals surface area contributed by atoms with Gasteiger partial charge >= 0.3 is 0 Å². The molecule has 0 fully saturated rings. The molecule has 0 aliphatic rings. The van der Waals surface area contributed by atoms with Gasteiger partial charge in [0.1, 0.15) is 6.26 Å². The van der Waals surface area contributed by atoms with Crippen molar-refractivity contribution in [3.63, 3.8) is 0 Å². The summed E-state index contributed by atoms with van der Waals surface area (Å²) in [6.45, 7) is 11.0. The number of oxazole rings is 1. The molecule has 0 aliphatic carbocycles. The second kappa shape index (κ2) is 9.87. The highest BCUT2D eigenvalue weighted by Crippen LogP contribution is 2.19. The Morgan fingerprint density at radius 2 is 1.96 bits per heavy atom. The van der Waals surface area contributed by atoms with Gasteiger partial charge in [0.25, 0.3) is 0 Å². The SMILES string of the molecule is CCNC(=NCCC(C)C)NCCc1coc(-c2ccc(C)cc2)n1. The summed E-state index contributed by atoms with van der Waals surface area (Å²) in [6, 6.07) is 8.20. The molecule has 5 heteroatoms. The molecule has 0 spiro atoms. The monoisotopic (exact) mass is 342 g/mol. The number of guanidine groups is 1. The van der Waals surface area contributed by atoms with Crippen LogP contribution in [-0.2, 0) is 6.42 Å². The lowest BCUT2D eigenvalue weighted by molar-refractivity contribution is 0.572. The van der Waals surface area contributed by atoms with Crippen LogP contribution in [0, 0.1) is 12.8 Å². The molecule has 0 radical (unpaired) electrons. The van der Waals surface area contributed by atoms with E-state index in [9.17, 15) is 0 Å². The molecule has 2 rings (SSSR count). The van der Waals surface area contributed by atoms with Crippen molar-refractivity contribution in [3.8, 4) is 11.5 Å². The van der Waals surface area contributed by atoms with E-state index < -0.39 is 0 Å². The van der Waals surface area contributed by atoms with Crippen molar-refractivity contribution in [2.45, 2.75) is 40.5 Å². The van der Waals surface area contributed by atoms with Gasteiger partial charge in [0.05, 0.1) is 5.69 Å². The maximum atomic E-state index is 5.60. The van der Waals surface area contributed by atoms with Crippen LogP contribution in [-0.4, -0.2) is 30.6 Å². The number of rotatable bonds is 8. The Balaban J connectivity index is 1.85. The highest BCUT2D eigenvalue weighted by molar-refractivity contribution is 5.79. The smallest absolute Gasteiger partial charge is 0.226 e. The predicted octanol–water partition coefficient (Wildman–Crippen LogP) is 3.79. The summed E-state index contributed by atoms with van der Waals surface area (Å²) in [6.07, 6.45) is 3.63. The fourth-order valence-electron chi connectivity index (χ4n) is 2.34. The number of nitrogens with one attached hydrogen (secondary N) is 2. The van der Waals surface area contributed by atoms with Gasteiger partial charge in [0.2, 0.25) is 5.89 Å². The van der Waals surface area contributed by atoms with Crippen LogP contribution in [0.4, 0.5) is 0 Å². The van der Waals surface area contributed by atoms with Crippen LogP contribution < -0.4 is 10.6 Å². The molecule has 1 heterocycles. The van der Waals surface area contributed by atoms with E-state index in [1.165, 1.54) is 5.56 Å². The number of aromatic nitrogens is 1. The fourth-order valence-corrected chi connectivity index (χ4v) is 2.34. The minimum atomic E-state index is 0.668. The molecule has 136 valence electrons. The third kappa shape index (κ3) is 6.61. The standard InChI is InChI=1S/C20H30N4O/c1-5-21-20(22-12-10-15(2)3)23-13-11-18-14-25-19(24-18)17-8-6-16(4)7-9-17/h6-9,14-15H,5,10-13H2,1-4H3,(H2,21,22,23). The molecule has 25 heavy (non-hydrogen) atoms. The van der Waals surface area contributed by atoms with Crippen LogP contribution in [0.2, 0.25) is 0 Å². The van der Waals surface area contributed by atoms with Crippen molar-refractivity contribution in [1.29, 1.82) is 0 Å². The highest BCUT2D eigenvalue weighted by atomic mass is 16.3. The van der Waals surface area contributed by atoms with Crippen LogP contribution >= 0.6 is 0 Å². The van der Waals surface area contributed by atoms with Gasteiger partial charge < -0.3 is 15.1 Å². The lowest BCUT2D eigenvalue weighted by atomic mass is 10.1. The topological polar surface area (TPSA) is 62.5 Å². The van der Waals surface area contributed by atoms with Gasteiger partial charge in [0, 0.05) is 31.6 Å². The molecule has 0 bridgehead atoms. The van der Waals surface area contributed by atoms with Crippen molar-refractivity contribution in [2.24, 2.45) is 10.9 Å². The molecular formula is C20H30N4O. The van der Waals surface area contributed by atoms with Crippen molar-refractivity contribution < 1.29 is 4.42 Å². The van der Waals surface area contributed by atoms with Crippen molar-refractivity contribution >= 4 is 5.96 Å². The molecule has 0 atom stereocenters. The van der Waals surface area contributed by atoms with Gasteiger partial charge in [-0.15, -0.1) is 0 Å². The van der Waals surface area contributed by atoms with E-state index in [0.29, 0.717) is 11.8 Å². The largest absolute Gasteiger partial charge is 0.444 e. The Bertz CT molecular complexity index is 659. The zero-order chi connectivity index (χ0) is 18.1. The summed E-state index contributed by atoms with van der Waals surface area (Å²) in [4.78, 5) is 9.17. The first-order valence-corrected chi connectivity index (χ1v) is 9.12. The number of benzene rings is 1. The zero-order valence-electron chi connectivity index (χ0n) is 15.8. The van der Waals surface area contributed by atoms with Gasteiger partial charge in [0.15, 0.2) is 5.96 Å². The number of hydrogen-bond acceptors (Lipinski definition) is 3. The summed E-state index contributed by atoms with van der Waals surface area (Å²) in [5, 5.41) is 6.63. The van der Waals surface area contributed by atoms with E-state index >= 15 is 0 Å². The quantitative estimate of drug-likeness (QED) is 0.566. The van der Waals surface area contributed by atoms with Gasteiger partial charge in [-0.1, -0.05) is 31.5 Å². The first-order valence-electron chi connectivity index (χ1n) is 9.12. The lowest BCUT2D eigenvalue weighted by Gasteiger charge is -2.11. The van der Waals surface area contributed by atoms with E-state index in [4.69, 9.17) is 4.42 Å². The average Bonchev–Trinajstić information content (AvgIpc) is 3.04. The highest BCUT2D eigenvalue weighted by Gasteiger charge is 2.07. The summed E-state index contributed by atoms with van der Waals surface area (Å²) in [7, 11) is 0. The molecule has 0 unspecified atom stereocenters. The predicted molar refractivity (Wildman–Crippen MR) is 104 cm³/mol. The Kier molecular flexibility index (Phi) is 7.51. The van der Waals surface area contributed by atoms with E-state index in [0.717, 1.165) is 49.7 Å². The molecule has 0 saturated carbocycles. The molecule has 2 aromatic rings. The summed E-state index contributed by atoms with van der Waals surface area (Å²) in [5.41, 5.74) is 3.18. The molecule has 0 saturated heterocycles. The molecule has 0 amide bonds. The summed E-state index contributed by atoms with van der Waals surface area (Å²) >= 11 is 0. The molecule has 0 aliphatic heterocycles. The normalized spacial score (nSPS) is 11.8. The minimum absolute atomic E-state index is 0.668. The van der Waals surface area contributed by atoms with Crippen LogP contribution in [0.5, 0.6) is 0 Å². The van der Waals surface area contributed by atoms with Crippen LogP contribution in [0.3, 0.4) is 0 Å². The Hall–Kier alpha value is -2.30. The Labute approximate surface area is 151 Å². The van der Waals surface area contributed by atoms with E-state index in [-0.39, 0.29) is 0 Å². The first-order chi connectivity index (χ1) is 12.1. The van der Waals surface area contributed by atoms with Crippen molar-refractivity contribution in [3.05, 3.63) is 41.8 Å². The van der Waals surface area contributed by atoms with E-state index in [1.807, 2.05) is 12.1 Å². The number of aliphatic imine (C=N–C) groups is 1. The van der Waals surface area contributed by atoms with Gasteiger partial charge in [-0.3, -0.25) is 4.99 Å². The fraction of sp³-hybridized carbons (Fsp3) is 0.500. The molecule has 5 nitrogen and oxygen atoms in total. The zero-order valence-corrected chi connectivity index (χ0v) is 15.8. The Morgan fingerprint density at radius 3 is 2.64 bits per heavy atom. The first kappa shape index (κ1) is 19.0. The van der Waals surface area contributed by atoms with Crippen molar-refractivity contribution in [2.75, 3.05) is 19.6 Å².